The minimum atomic E-state index is -3.76. The van der Waals surface area contributed by atoms with E-state index in [4.69, 9.17) is 0 Å². The highest BCUT2D eigenvalue weighted by Crippen LogP contribution is 2.42. The highest BCUT2D eigenvalue weighted by atomic mass is 32.2. The van der Waals surface area contributed by atoms with E-state index in [9.17, 15) is 13.2 Å². The number of aromatic nitrogens is 3. The van der Waals surface area contributed by atoms with Crippen molar-refractivity contribution in [2.24, 2.45) is 5.41 Å². The van der Waals surface area contributed by atoms with Gasteiger partial charge in [-0.25, -0.2) is 13.4 Å². The number of hydrogen-bond donors (Lipinski definition) is 1. The van der Waals surface area contributed by atoms with Crippen molar-refractivity contribution in [3.05, 3.63) is 96.6 Å². The lowest BCUT2D eigenvalue weighted by atomic mass is 9.71. The number of fused-ring (bicyclic) bond motifs is 2. The summed E-state index contributed by atoms with van der Waals surface area (Å²) in [5.74, 6) is 0.553. The van der Waals surface area contributed by atoms with Crippen molar-refractivity contribution >= 4 is 43.4 Å². The molecule has 2 aliphatic heterocycles. The number of benzene rings is 3. The molecule has 3 aromatic carbocycles. The molecule has 5 aromatic rings. The highest BCUT2D eigenvalue weighted by Gasteiger charge is 2.38. The summed E-state index contributed by atoms with van der Waals surface area (Å²) in [7, 11) is -2.20. The Bertz CT molecular complexity index is 1920. The van der Waals surface area contributed by atoms with E-state index in [0.29, 0.717) is 27.7 Å². The Labute approximate surface area is 257 Å². The Kier molecular flexibility index (Phi) is 7.34. The van der Waals surface area contributed by atoms with Crippen LogP contribution in [0.2, 0.25) is 0 Å². The van der Waals surface area contributed by atoms with Crippen molar-refractivity contribution in [1.29, 1.82) is 0 Å². The number of imidazole rings is 1. The number of amides is 1. The largest absolute Gasteiger partial charge is 0.371 e. The predicted molar refractivity (Wildman–Crippen MR) is 172 cm³/mol. The van der Waals surface area contributed by atoms with Crippen LogP contribution in [0.3, 0.4) is 0 Å². The van der Waals surface area contributed by atoms with E-state index in [2.05, 4.69) is 32.0 Å². The van der Waals surface area contributed by atoms with Crippen LogP contribution in [0, 0.1) is 5.41 Å². The van der Waals surface area contributed by atoms with E-state index in [1.54, 1.807) is 19.2 Å². The third-order valence-corrected chi connectivity index (χ3v) is 11.4. The van der Waals surface area contributed by atoms with Gasteiger partial charge in [0.15, 0.2) is 0 Å². The number of aromatic amines is 1. The smallest absolute Gasteiger partial charge is 0.253 e. The molecule has 10 heteroatoms. The molecule has 9 nitrogen and oxygen atoms in total. The molecule has 0 unspecified atom stereocenters. The SMILES string of the molecule is CN(Cc1nc2ccc(C(=O)N3CCC4(CC3)CCN(c3ccncc3)CC4)cc2[nH]1)S(=O)(=O)c1cccc2ccccc12. The standard InChI is InChI=1S/C34H36N6O3S/c1-38(44(42,43)31-8-4-6-25-5-2-3-7-28(25)31)24-32-36-29-10-9-26(23-30(29)37-32)33(41)40-21-15-34(16-22-40)13-19-39(20-14-34)27-11-17-35-18-12-27/h2-12,17-18,23H,13-16,19-22,24H2,1H3,(H,36,37). The molecule has 4 heterocycles. The molecule has 0 aliphatic carbocycles. The third kappa shape index (κ3) is 5.33. The monoisotopic (exact) mass is 608 g/mol. The Balaban J connectivity index is 1.00. The molecule has 2 saturated heterocycles. The number of nitrogens with zero attached hydrogens (tertiary/aromatic N) is 5. The summed E-state index contributed by atoms with van der Waals surface area (Å²) in [6, 6.07) is 22.4. The maximum absolute atomic E-state index is 13.5. The maximum Gasteiger partial charge on any atom is 0.253 e. The van der Waals surface area contributed by atoms with E-state index in [-0.39, 0.29) is 17.3 Å². The number of carbonyl (C=O) groups excluding carboxylic acids is 1. The number of sulfonamides is 1. The number of rotatable bonds is 6. The van der Waals surface area contributed by atoms with Crippen LogP contribution in [0.25, 0.3) is 21.8 Å². The van der Waals surface area contributed by atoms with E-state index in [1.807, 2.05) is 65.8 Å². The second-order valence-corrected chi connectivity index (χ2v) is 14.2. The molecular formula is C34H36N6O3S. The second kappa shape index (κ2) is 11.3. The van der Waals surface area contributed by atoms with Crippen molar-refractivity contribution < 1.29 is 13.2 Å². The first-order chi connectivity index (χ1) is 21.3. The third-order valence-electron chi connectivity index (χ3n) is 9.55. The van der Waals surface area contributed by atoms with Gasteiger partial charge >= 0.3 is 0 Å². The van der Waals surface area contributed by atoms with Crippen LogP contribution in [0.5, 0.6) is 0 Å². The van der Waals surface area contributed by atoms with Crippen molar-refractivity contribution in [3.8, 4) is 0 Å². The van der Waals surface area contributed by atoms with Crippen molar-refractivity contribution in [3.63, 3.8) is 0 Å². The fourth-order valence-corrected chi connectivity index (χ4v) is 8.16. The number of pyridine rings is 1. The summed E-state index contributed by atoms with van der Waals surface area (Å²) in [5.41, 5.74) is 3.58. The van der Waals surface area contributed by atoms with Gasteiger partial charge in [0, 0.05) is 62.3 Å². The first-order valence-corrected chi connectivity index (χ1v) is 16.6. The Morgan fingerprint density at radius 1 is 0.909 bits per heavy atom. The fourth-order valence-electron chi connectivity index (χ4n) is 6.82. The number of likely N-dealkylation sites (tertiary alicyclic amines) is 1. The lowest BCUT2D eigenvalue weighted by Gasteiger charge is -2.47. The Morgan fingerprint density at radius 3 is 2.39 bits per heavy atom. The quantitative estimate of drug-likeness (QED) is 0.275. The van der Waals surface area contributed by atoms with Gasteiger partial charge in [-0.2, -0.15) is 4.31 Å². The van der Waals surface area contributed by atoms with Gasteiger partial charge in [0.25, 0.3) is 5.91 Å². The lowest BCUT2D eigenvalue weighted by molar-refractivity contribution is 0.0515. The van der Waals surface area contributed by atoms with Crippen LogP contribution in [0.15, 0.2) is 90.1 Å². The van der Waals surface area contributed by atoms with Gasteiger partial charge in [-0.15, -0.1) is 0 Å². The average Bonchev–Trinajstić information content (AvgIpc) is 3.47. The zero-order valence-corrected chi connectivity index (χ0v) is 25.6. The minimum absolute atomic E-state index is 0.0303. The highest BCUT2D eigenvalue weighted by molar-refractivity contribution is 7.89. The topological polar surface area (TPSA) is 102 Å². The molecule has 2 aliphatic rings. The van der Waals surface area contributed by atoms with E-state index in [1.165, 1.54) is 9.99 Å². The van der Waals surface area contributed by atoms with Crippen LogP contribution in [-0.4, -0.2) is 71.7 Å². The van der Waals surface area contributed by atoms with Gasteiger partial charge in [-0.05, 0) is 72.9 Å². The summed E-state index contributed by atoms with van der Waals surface area (Å²) in [5, 5.41) is 1.56. The number of hydrogen-bond acceptors (Lipinski definition) is 6. The molecule has 44 heavy (non-hydrogen) atoms. The van der Waals surface area contributed by atoms with Crippen molar-refractivity contribution in [1.82, 2.24) is 24.2 Å². The fraction of sp³-hybridized carbons (Fsp3) is 0.324. The normalized spacial score (nSPS) is 17.1. The number of piperidine rings is 2. The molecule has 0 saturated carbocycles. The molecule has 2 fully saturated rings. The molecule has 2 aromatic heterocycles. The number of anilines is 1. The van der Waals surface area contributed by atoms with Crippen LogP contribution in [0.4, 0.5) is 5.69 Å². The van der Waals surface area contributed by atoms with Crippen LogP contribution in [-0.2, 0) is 16.6 Å². The molecule has 1 N–H and O–H groups in total. The van der Waals surface area contributed by atoms with Crippen LogP contribution < -0.4 is 4.90 Å². The Hall–Kier alpha value is -4.28. The first kappa shape index (κ1) is 28.5. The van der Waals surface area contributed by atoms with Crippen molar-refractivity contribution in [2.45, 2.75) is 37.1 Å². The zero-order valence-electron chi connectivity index (χ0n) is 24.8. The van der Waals surface area contributed by atoms with Crippen molar-refractivity contribution in [2.75, 3.05) is 38.1 Å². The molecule has 226 valence electrons. The van der Waals surface area contributed by atoms with Gasteiger partial charge in [-0.1, -0.05) is 36.4 Å². The van der Waals surface area contributed by atoms with Gasteiger partial charge in [0.2, 0.25) is 10.0 Å². The molecule has 7 rings (SSSR count). The van der Waals surface area contributed by atoms with Gasteiger partial charge in [0.1, 0.15) is 5.82 Å². The molecular weight excluding hydrogens is 572 g/mol. The summed E-state index contributed by atoms with van der Waals surface area (Å²) in [6.07, 6.45) is 8.03. The molecule has 1 spiro atoms. The second-order valence-electron chi connectivity index (χ2n) is 12.1. The number of carbonyl (C=O) groups is 1. The van der Waals surface area contributed by atoms with E-state index < -0.39 is 10.0 Å². The Morgan fingerprint density at radius 2 is 1.61 bits per heavy atom. The van der Waals surface area contributed by atoms with Gasteiger partial charge in [0.05, 0.1) is 22.5 Å². The maximum atomic E-state index is 13.5. The molecule has 0 radical (unpaired) electrons. The predicted octanol–water partition coefficient (Wildman–Crippen LogP) is 5.45. The molecule has 0 bridgehead atoms. The summed E-state index contributed by atoms with van der Waals surface area (Å²) in [4.78, 5) is 30.2. The summed E-state index contributed by atoms with van der Waals surface area (Å²) < 4.78 is 28.3. The van der Waals surface area contributed by atoms with E-state index in [0.717, 1.165) is 62.8 Å². The van der Waals surface area contributed by atoms with Crippen LogP contribution >= 0.6 is 0 Å². The average molecular weight is 609 g/mol. The first-order valence-electron chi connectivity index (χ1n) is 15.2. The number of nitrogens with one attached hydrogen (secondary N) is 1. The van der Waals surface area contributed by atoms with Gasteiger partial charge in [-0.3, -0.25) is 9.78 Å². The molecule has 1 amide bonds. The van der Waals surface area contributed by atoms with E-state index >= 15 is 0 Å². The van der Waals surface area contributed by atoms with Gasteiger partial charge < -0.3 is 14.8 Å². The number of H-pyrrole nitrogens is 1. The minimum Gasteiger partial charge on any atom is -0.371 e. The summed E-state index contributed by atoms with van der Waals surface area (Å²) in [6.45, 7) is 3.68. The summed E-state index contributed by atoms with van der Waals surface area (Å²) >= 11 is 0. The lowest BCUT2D eigenvalue weighted by Crippen LogP contribution is -2.48. The van der Waals surface area contributed by atoms with Crippen LogP contribution in [0.1, 0.15) is 41.9 Å². The molecule has 0 atom stereocenters. The zero-order chi connectivity index (χ0) is 30.3.